The number of rotatable bonds is 8. The molecule has 0 aliphatic carbocycles. The molecule has 0 heterocycles. The summed E-state index contributed by atoms with van der Waals surface area (Å²) in [5, 5.41) is 0. The van der Waals surface area contributed by atoms with E-state index in [9.17, 15) is 4.79 Å². The van der Waals surface area contributed by atoms with Crippen molar-refractivity contribution in [2.75, 3.05) is 24.1 Å². The molecule has 0 aliphatic heterocycles. The van der Waals surface area contributed by atoms with Gasteiger partial charge in [-0.3, -0.25) is 9.69 Å². The molecule has 0 fully saturated rings. The van der Waals surface area contributed by atoms with Crippen molar-refractivity contribution in [1.82, 2.24) is 0 Å². The van der Waals surface area contributed by atoms with E-state index in [1.54, 1.807) is 0 Å². The molecule has 0 saturated heterocycles. The minimum absolute atomic E-state index is 0.0238. The second kappa shape index (κ2) is 8.90. The Kier molecular flexibility index (Phi) is 7.54. The standard InChI is InChI=1S/C16H24ClNO3/c1-12(2)10-20-11-18(16(19)9-17)14-7-5-6-8-15(14)21-13(3)4/h5-8,12-13H,9-11H2,1-4H3. The molecule has 21 heavy (non-hydrogen) atoms. The zero-order valence-electron chi connectivity index (χ0n) is 13.1. The average molecular weight is 314 g/mol. The topological polar surface area (TPSA) is 38.8 Å². The molecule has 0 atom stereocenters. The van der Waals surface area contributed by atoms with Crippen LogP contribution in [-0.4, -0.2) is 31.2 Å². The smallest absolute Gasteiger partial charge is 0.243 e. The number of carbonyl (C=O) groups is 1. The molecule has 1 aromatic carbocycles. The van der Waals surface area contributed by atoms with Gasteiger partial charge in [0.25, 0.3) is 0 Å². The van der Waals surface area contributed by atoms with E-state index in [1.165, 1.54) is 4.90 Å². The third kappa shape index (κ3) is 5.94. The normalized spacial score (nSPS) is 11.0. The van der Waals surface area contributed by atoms with Gasteiger partial charge in [-0.15, -0.1) is 11.6 Å². The summed E-state index contributed by atoms with van der Waals surface area (Å²) in [4.78, 5) is 13.6. The number of ether oxygens (including phenoxy) is 2. The maximum atomic E-state index is 12.1. The van der Waals surface area contributed by atoms with E-state index < -0.39 is 0 Å². The van der Waals surface area contributed by atoms with Gasteiger partial charge in [0.2, 0.25) is 5.91 Å². The maximum absolute atomic E-state index is 12.1. The van der Waals surface area contributed by atoms with Gasteiger partial charge in [-0.1, -0.05) is 26.0 Å². The van der Waals surface area contributed by atoms with Crippen molar-refractivity contribution in [2.45, 2.75) is 33.8 Å². The number of para-hydroxylation sites is 2. The van der Waals surface area contributed by atoms with E-state index in [1.807, 2.05) is 38.1 Å². The van der Waals surface area contributed by atoms with Crippen LogP contribution in [0.5, 0.6) is 5.75 Å². The highest BCUT2D eigenvalue weighted by atomic mass is 35.5. The van der Waals surface area contributed by atoms with Crippen molar-refractivity contribution in [3.63, 3.8) is 0 Å². The molecule has 0 bridgehead atoms. The fraction of sp³-hybridized carbons (Fsp3) is 0.562. The molecule has 0 aliphatic rings. The summed E-state index contributed by atoms with van der Waals surface area (Å²) in [7, 11) is 0. The van der Waals surface area contributed by atoms with Gasteiger partial charge in [-0.2, -0.15) is 0 Å². The van der Waals surface area contributed by atoms with Crippen LogP contribution in [0.15, 0.2) is 24.3 Å². The summed E-state index contributed by atoms with van der Waals surface area (Å²) in [6, 6.07) is 7.41. The van der Waals surface area contributed by atoms with Crippen molar-refractivity contribution in [3.05, 3.63) is 24.3 Å². The molecule has 5 heteroatoms. The Labute approximate surface area is 132 Å². The zero-order chi connectivity index (χ0) is 15.8. The number of hydrogen-bond acceptors (Lipinski definition) is 3. The first-order valence-corrected chi connectivity index (χ1v) is 7.69. The summed E-state index contributed by atoms with van der Waals surface area (Å²) >= 11 is 5.71. The van der Waals surface area contributed by atoms with Crippen LogP contribution in [0.4, 0.5) is 5.69 Å². The van der Waals surface area contributed by atoms with Gasteiger partial charge in [0, 0.05) is 0 Å². The second-order valence-corrected chi connectivity index (χ2v) is 5.75. The largest absolute Gasteiger partial charge is 0.489 e. The molecule has 0 saturated carbocycles. The Morgan fingerprint density at radius 2 is 1.90 bits per heavy atom. The van der Waals surface area contributed by atoms with Gasteiger partial charge >= 0.3 is 0 Å². The van der Waals surface area contributed by atoms with Gasteiger partial charge in [-0.05, 0) is 31.9 Å². The molecule has 0 unspecified atom stereocenters. The van der Waals surface area contributed by atoms with E-state index in [0.717, 1.165) is 0 Å². The first-order valence-electron chi connectivity index (χ1n) is 7.15. The summed E-state index contributed by atoms with van der Waals surface area (Å²) in [6.07, 6.45) is 0.0238. The number of anilines is 1. The van der Waals surface area contributed by atoms with Crippen LogP contribution in [0, 0.1) is 5.92 Å². The molecule has 1 rings (SSSR count). The van der Waals surface area contributed by atoms with Gasteiger partial charge in [-0.25, -0.2) is 0 Å². The SMILES string of the molecule is CC(C)COCN(C(=O)CCl)c1ccccc1OC(C)C. The van der Waals surface area contributed by atoms with Crippen molar-refractivity contribution in [2.24, 2.45) is 5.92 Å². The molecular formula is C16H24ClNO3. The lowest BCUT2D eigenvalue weighted by Crippen LogP contribution is -2.35. The Morgan fingerprint density at radius 3 is 2.48 bits per heavy atom. The Balaban J connectivity index is 2.94. The fourth-order valence-electron chi connectivity index (χ4n) is 1.76. The Hall–Kier alpha value is -1.26. The third-order valence-electron chi connectivity index (χ3n) is 2.61. The number of alkyl halides is 1. The quantitative estimate of drug-likeness (QED) is 0.543. The van der Waals surface area contributed by atoms with Crippen LogP contribution in [0.1, 0.15) is 27.7 Å². The highest BCUT2D eigenvalue weighted by Crippen LogP contribution is 2.29. The summed E-state index contributed by atoms with van der Waals surface area (Å²) in [5.41, 5.74) is 0.681. The first-order chi connectivity index (χ1) is 9.95. The molecule has 118 valence electrons. The average Bonchev–Trinajstić information content (AvgIpc) is 2.43. The Morgan fingerprint density at radius 1 is 1.24 bits per heavy atom. The van der Waals surface area contributed by atoms with Crippen LogP contribution in [0.2, 0.25) is 0 Å². The molecule has 0 spiro atoms. The third-order valence-corrected chi connectivity index (χ3v) is 2.83. The monoisotopic (exact) mass is 313 g/mol. The van der Waals surface area contributed by atoms with Crippen LogP contribution in [-0.2, 0) is 9.53 Å². The highest BCUT2D eigenvalue weighted by Gasteiger charge is 2.19. The highest BCUT2D eigenvalue weighted by molar-refractivity contribution is 6.29. The summed E-state index contributed by atoms with van der Waals surface area (Å²) < 4.78 is 11.3. The van der Waals surface area contributed by atoms with E-state index in [0.29, 0.717) is 24.0 Å². The van der Waals surface area contributed by atoms with Crippen LogP contribution >= 0.6 is 11.6 Å². The summed E-state index contributed by atoms with van der Waals surface area (Å²) in [6.45, 7) is 8.76. The molecule has 1 amide bonds. The van der Waals surface area contributed by atoms with Gasteiger partial charge in [0.1, 0.15) is 18.4 Å². The van der Waals surface area contributed by atoms with Gasteiger partial charge < -0.3 is 9.47 Å². The van der Waals surface area contributed by atoms with Gasteiger partial charge in [0.05, 0.1) is 18.4 Å². The first kappa shape index (κ1) is 17.8. The van der Waals surface area contributed by atoms with E-state index in [4.69, 9.17) is 21.1 Å². The molecule has 4 nitrogen and oxygen atoms in total. The minimum Gasteiger partial charge on any atom is -0.489 e. The molecule has 0 aromatic heterocycles. The van der Waals surface area contributed by atoms with Gasteiger partial charge in [0.15, 0.2) is 0 Å². The molecule has 0 radical (unpaired) electrons. The lowest BCUT2D eigenvalue weighted by molar-refractivity contribution is -0.117. The zero-order valence-corrected chi connectivity index (χ0v) is 13.9. The van der Waals surface area contributed by atoms with Crippen molar-refractivity contribution in [3.8, 4) is 5.75 Å². The number of hydrogen-bond donors (Lipinski definition) is 0. The lowest BCUT2D eigenvalue weighted by atomic mass is 10.2. The van der Waals surface area contributed by atoms with Crippen molar-refractivity contribution in [1.29, 1.82) is 0 Å². The number of carbonyl (C=O) groups excluding carboxylic acids is 1. The predicted molar refractivity (Wildman–Crippen MR) is 86.1 cm³/mol. The van der Waals surface area contributed by atoms with Crippen molar-refractivity contribution < 1.29 is 14.3 Å². The number of nitrogens with zero attached hydrogens (tertiary/aromatic N) is 1. The molecular weight excluding hydrogens is 290 g/mol. The van der Waals surface area contributed by atoms with Crippen molar-refractivity contribution >= 4 is 23.2 Å². The van der Waals surface area contributed by atoms with Crippen LogP contribution in [0.25, 0.3) is 0 Å². The molecule has 0 N–H and O–H groups in total. The molecule has 1 aromatic rings. The Bertz CT molecular complexity index is 449. The second-order valence-electron chi connectivity index (χ2n) is 5.48. The van der Waals surface area contributed by atoms with E-state index in [-0.39, 0.29) is 24.6 Å². The lowest BCUT2D eigenvalue weighted by Gasteiger charge is -2.25. The maximum Gasteiger partial charge on any atom is 0.243 e. The number of halogens is 1. The van der Waals surface area contributed by atoms with E-state index >= 15 is 0 Å². The van der Waals surface area contributed by atoms with E-state index in [2.05, 4.69) is 13.8 Å². The number of amides is 1. The number of benzene rings is 1. The predicted octanol–water partition coefficient (Wildman–Crippen LogP) is 3.68. The van der Waals surface area contributed by atoms with Crippen LogP contribution < -0.4 is 9.64 Å². The van der Waals surface area contributed by atoms with Crippen LogP contribution in [0.3, 0.4) is 0 Å². The minimum atomic E-state index is -0.208. The fourth-order valence-corrected chi connectivity index (χ4v) is 1.91. The summed E-state index contributed by atoms with van der Waals surface area (Å²) in [5.74, 6) is 0.751.